The first-order valence-corrected chi connectivity index (χ1v) is 3.39. The van der Waals surface area contributed by atoms with E-state index in [1.165, 1.54) is 7.11 Å². The van der Waals surface area contributed by atoms with Gasteiger partial charge in [0.25, 0.3) is 0 Å². The molecule has 9 heavy (non-hydrogen) atoms. The van der Waals surface area contributed by atoms with Crippen LogP contribution in [-0.4, -0.2) is 22.8 Å². The van der Waals surface area contributed by atoms with Crippen molar-refractivity contribution in [2.24, 2.45) is 0 Å². The van der Waals surface area contributed by atoms with Crippen molar-refractivity contribution in [2.75, 3.05) is 7.11 Å². The summed E-state index contributed by atoms with van der Waals surface area (Å²) in [6.07, 6.45) is -0.656. The highest BCUT2D eigenvalue weighted by molar-refractivity contribution is 6.48. The Morgan fingerprint density at radius 1 is 1.67 bits per heavy atom. The first-order chi connectivity index (χ1) is 4.04. The summed E-state index contributed by atoms with van der Waals surface area (Å²) >= 11 is 11.1. The molecule has 0 fully saturated rings. The van der Waals surface area contributed by atoms with Gasteiger partial charge in [-0.3, -0.25) is 0 Å². The van der Waals surface area contributed by atoms with E-state index in [1.807, 2.05) is 0 Å². The molecule has 1 unspecified atom stereocenters. The molecule has 0 saturated carbocycles. The molecule has 0 aliphatic rings. The maximum atomic E-state index is 8.90. The molecule has 2 nitrogen and oxygen atoms in total. The summed E-state index contributed by atoms with van der Waals surface area (Å²) in [6, 6.07) is 0. The van der Waals surface area contributed by atoms with Gasteiger partial charge in [-0.25, -0.2) is 0 Å². The van der Waals surface area contributed by atoms with E-state index in [4.69, 9.17) is 28.3 Å². The molecule has 0 amide bonds. The zero-order valence-electron chi connectivity index (χ0n) is 5.40. The Bertz CT molecular complexity index is 85.0. The van der Waals surface area contributed by atoms with Crippen molar-refractivity contribution in [1.82, 2.24) is 0 Å². The molecular weight excluding hydrogens is 163 g/mol. The highest BCUT2D eigenvalue weighted by Crippen LogP contribution is 2.29. The first kappa shape index (κ1) is 9.50. The Kier molecular flexibility index (Phi) is 3.82. The molecular formula is C5H10Cl2O2. The van der Waals surface area contributed by atoms with E-state index >= 15 is 0 Å². The van der Waals surface area contributed by atoms with Gasteiger partial charge in [-0.05, 0) is 6.42 Å². The minimum atomic E-state index is -1.17. The zero-order chi connectivity index (χ0) is 7.49. The van der Waals surface area contributed by atoms with Crippen LogP contribution < -0.4 is 0 Å². The molecule has 0 saturated heterocycles. The normalized spacial score (nSPS) is 15.7. The van der Waals surface area contributed by atoms with Gasteiger partial charge in [0.2, 0.25) is 0 Å². The van der Waals surface area contributed by atoms with Crippen molar-refractivity contribution >= 4 is 23.2 Å². The molecule has 0 bridgehead atoms. The van der Waals surface area contributed by atoms with Gasteiger partial charge in [-0.2, -0.15) is 0 Å². The summed E-state index contributed by atoms with van der Waals surface area (Å²) in [7, 11) is 1.35. The second-order valence-corrected chi connectivity index (χ2v) is 3.25. The maximum Gasteiger partial charge on any atom is 0.187 e. The van der Waals surface area contributed by atoms with Gasteiger partial charge >= 0.3 is 0 Å². The van der Waals surface area contributed by atoms with Crippen LogP contribution in [0.15, 0.2) is 0 Å². The first-order valence-electron chi connectivity index (χ1n) is 2.63. The smallest absolute Gasteiger partial charge is 0.187 e. The quantitative estimate of drug-likeness (QED) is 0.518. The van der Waals surface area contributed by atoms with E-state index < -0.39 is 10.6 Å². The predicted molar refractivity (Wildman–Crippen MR) is 37.7 cm³/mol. The Hall–Kier alpha value is 0.500. The van der Waals surface area contributed by atoms with Gasteiger partial charge in [0, 0.05) is 7.11 Å². The summed E-state index contributed by atoms with van der Waals surface area (Å²) in [6.45, 7) is 1.77. The van der Waals surface area contributed by atoms with Crippen molar-refractivity contribution in [2.45, 2.75) is 24.0 Å². The summed E-state index contributed by atoms with van der Waals surface area (Å²) < 4.78 is 3.33. The Balaban J connectivity index is 3.80. The lowest BCUT2D eigenvalue weighted by Gasteiger charge is -2.21. The van der Waals surface area contributed by atoms with E-state index in [-0.39, 0.29) is 0 Å². The third-order valence-corrected chi connectivity index (χ3v) is 1.96. The largest absolute Gasteiger partial charge is 0.366 e. The van der Waals surface area contributed by atoms with E-state index in [1.54, 1.807) is 6.92 Å². The highest BCUT2D eigenvalue weighted by atomic mass is 35.5. The molecule has 56 valence electrons. The molecule has 0 aliphatic heterocycles. The van der Waals surface area contributed by atoms with Gasteiger partial charge in [-0.15, -0.1) is 0 Å². The number of aliphatic hydroxyl groups excluding tert-OH is 1. The Morgan fingerprint density at radius 2 is 2.11 bits per heavy atom. The number of methoxy groups -OCH3 is 1. The van der Waals surface area contributed by atoms with Crippen molar-refractivity contribution in [3.63, 3.8) is 0 Å². The number of alkyl halides is 2. The predicted octanol–water partition coefficient (Wildman–Crippen LogP) is 1.54. The average molecular weight is 173 g/mol. The Morgan fingerprint density at radius 3 is 2.22 bits per heavy atom. The third kappa shape index (κ3) is 2.72. The molecule has 0 aliphatic carbocycles. The van der Waals surface area contributed by atoms with Crippen LogP contribution in [-0.2, 0) is 4.74 Å². The van der Waals surface area contributed by atoms with Crippen LogP contribution in [0, 0.1) is 0 Å². The minimum Gasteiger partial charge on any atom is -0.366 e. The number of aliphatic hydroxyl groups is 1. The molecule has 0 aromatic carbocycles. The molecule has 0 spiro atoms. The van der Waals surface area contributed by atoms with Gasteiger partial charge in [-0.1, -0.05) is 30.1 Å². The van der Waals surface area contributed by atoms with Crippen molar-refractivity contribution < 1.29 is 9.84 Å². The summed E-state index contributed by atoms with van der Waals surface area (Å²) in [5.74, 6) is 0. The lowest BCUT2D eigenvalue weighted by molar-refractivity contribution is -0.0843. The van der Waals surface area contributed by atoms with Crippen LogP contribution in [0.5, 0.6) is 0 Å². The van der Waals surface area contributed by atoms with Crippen LogP contribution >= 0.6 is 23.2 Å². The van der Waals surface area contributed by atoms with E-state index in [2.05, 4.69) is 4.74 Å². The van der Waals surface area contributed by atoms with Crippen molar-refractivity contribution in [3.8, 4) is 0 Å². The zero-order valence-corrected chi connectivity index (χ0v) is 6.91. The summed E-state index contributed by atoms with van der Waals surface area (Å²) in [5.41, 5.74) is 0. The van der Waals surface area contributed by atoms with Crippen molar-refractivity contribution in [3.05, 3.63) is 0 Å². The van der Waals surface area contributed by atoms with Crippen LogP contribution in [0.3, 0.4) is 0 Å². The van der Waals surface area contributed by atoms with Gasteiger partial charge in [0.05, 0.1) is 0 Å². The minimum absolute atomic E-state index is 0.450. The van der Waals surface area contributed by atoms with Crippen LogP contribution in [0.4, 0.5) is 0 Å². The molecule has 0 rings (SSSR count). The fraction of sp³-hybridized carbons (Fsp3) is 1.00. The number of hydrogen-bond donors (Lipinski definition) is 1. The maximum absolute atomic E-state index is 8.90. The van der Waals surface area contributed by atoms with Crippen LogP contribution in [0.25, 0.3) is 0 Å². The fourth-order valence-corrected chi connectivity index (χ4v) is 0.525. The molecule has 0 radical (unpaired) electrons. The van der Waals surface area contributed by atoms with E-state index in [0.29, 0.717) is 6.42 Å². The van der Waals surface area contributed by atoms with E-state index in [0.717, 1.165) is 0 Å². The van der Waals surface area contributed by atoms with Crippen LogP contribution in [0.1, 0.15) is 13.3 Å². The van der Waals surface area contributed by atoms with Crippen molar-refractivity contribution in [1.29, 1.82) is 0 Å². The number of halogens is 2. The molecule has 0 aromatic rings. The standard InChI is InChI=1S/C5H10Cl2O2/c1-3-5(6,7)4(8)9-2/h4,8H,3H2,1-2H3. The van der Waals surface area contributed by atoms with Gasteiger partial charge in [0.1, 0.15) is 0 Å². The topological polar surface area (TPSA) is 29.5 Å². The lowest BCUT2D eigenvalue weighted by Crippen LogP contribution is -2.31. The molecule has 1 N–H and O–H groups in total. The third-order valence-electron chi connectivity index (χ3n) is 1.06. The summed E-state index contributed by atoms with van der Waals surface area (Å²) in [4.78, 5) is 0. The second kappa shape index (κ2) is 3.62. The average Bonchev–Trinajstić information content (AvgIpc) is 1.86. The molecule has 4 heteroatoms. The molecule has 1 atom stereocenters. The number of hydrogen-bond acceptors (Lipinski definition) is 2. The SMILES string of the molecule is CCC(Cl)(Cl)C(O)OC. The summed E-state index contributed by atoms with van der Waals surface area (Å²) in [5, 5.41) is 8.90. The lowest BCUT2D eigenvalue weighted by atomic mass is 10.3. The highest BCUT2D eigenvalue weighted by Gasteiger charge is 2.31. The number of rotatable bonds is 3. The molecule has 0 aromatic heterocycles. The second-order valence-electron chi connectivity index (χ2n) is 1.70. The number of ether oxygens (including phenoxy) is 1. The fourth-order valence-electron chi connectivity index (χ4n) is 0.347. The van der Waals surface area contributed by atoms with Crippen LogP contribution in [0.2, 0.25) is 0 Å². The molecule has 0 heterocycles. The van der Waals surface area contributed by atoms with Gasteiger partial charge < -0.3 is 9.84 Å². The monoisotopic (exact) mass is 172 g/mol. The Labute approximate surface area is 64.7 Å². The van der Waals surface area contributed by atoms with Gasteiger partial charge in [0.15, 0.2) is 10.6 Å². The van der Waals surface area contributed by atoms with E-state index in [9.17, 15) is 0 Å².